The highest BCUT2D eigenvalue weighted by Crippen LogP contribution is 2.36. The quantitative estimate of drug-likeness (QED) is 0.418. The van der Waals surface area contributed by atoms with E-state index in [1.165, 1.54) is 0 Å². The van der Waals surface area contributed by atoms with Crippen molar-refractivity contribution in [2.24, 2.45) is 0 Å². The summed E-state index contributed by atoms with van der Waals surface area (Å²) in [6.45, 7) is 0. The second-order valence-corrected chi connectivity index (χ2v) is 4.94. The van der Waals surface area contributed by atoms with Gasteiger partial charge in [-0.25, -0.2) is 0 Å². The van der Waals surface area contributed by atoms with Crippen molar-refractivity contribution in [1.29, 1.82) is 0 Å². The highest BCUT2D eigenvalue weighted by atomic mass is 79.9. The van der Waals surface area contributed by atoms with Gasteiger partial charge in [0, 0.05) is 16.2 Å². The van der Waals surface area contributed by atoms with Crippen molar-refractivity contribution in [3.05, 3.63) is 59.0 Å². The SMILES string of the molecule is [2H]c1c([2H])c([2H])c2c(ccc3c4cccc(Br)c4oc32)c1[2H]. The minimum absolute atomic E-state index is 0.0441. The van der Waals surface area contributed by atoms with Crippen molar-refractivity contribution in [3.63, 3.8) is 0 Å². The Kier molecular flexibility index (Phi) is 1.39. The van der Waals surface area contributed by atoms with Crippen LogP contribution in [0.3, 0.4) is 0 Å². The van der Waals surface area contributed by atoms with Crippen LogP contribution in [0.5, 0.6) is 0 Å². The molecular formula is C16H9BrO. The summed E-state index contributed by atoms with van der Waals surface area (Å²) in [6.07, 6.45) is 0. The predicted octanol–water partition coefficient (Wildman–Crippen LogP) is 5.50. The van der Waals surface area contributed by atoms with Crippen molar-refractivity contribution in [3.8, 4) is 0 Å². The van der Waals surface area contributed by atoms with Crippen LogP contribution in [0.15, 0.2) is 63.4 Å². The second kappa shape index (κ2) is 3.59. The monoisotopic (exact) mass is 300 g/mol. The molecule has 0 aliphatic rings. The zero-order valence-corrected chi connectivity index (χ0v) is 10.8. The first-order valence-corrected chi connectivity index (χ1v) is 6.29. The molecule has 0 N–H and O–H groups in total. The van der Waals surface area contributed by atoms with Gasteiger partial charge in [-0.15, -0.1) is 0 Å². The zero-order valence-electron chi connectivity index (χ0n) is 13.2. The van der Waals surface area contributed by atoms with Crippen LogP contribution in [-0.4, -0.2) is 0 Å². The maximum atomic E-state index is 8.17. The van der Waals surface area contributed by atoms with Gasteiger partial charge in [0.05, 0.1) is 9.96 Å². The van der Waals surface area contributed by atoms with Crippen molar-refractivity contribution in [1.82, 2.24) is 0 Å². The van der Waals surface area contributed by atoms with E-state index >= 15 is 0 Å². The molecule has 3 aromatic carbocycles. The molecule has 0 amide bonds. The molecule has 4 aromatic rings. The second-order valence-electron chi connectivity index (χ2n) is 4.08. The fourth-order valence-corrected chi connectivity index (χ4v) is 2.70. The summed E-state index contributed by atoms with van der Waals surface area (Å²) in [5.74, 6) is 0. The maximum Gasteiger partial charge on any atom is 0.149 e. The van der Waals surface area contributed by atoms with E-state index in [1.807, 2.05) is 24.3 Å². The van der Waals surface area contributed by atoms with Crippen LogP contribution < -0.4 is 0 Å². The largest absolute Gasteiger partial charge is 0.454 e. The van der Waals surface area contributed by atoms with Crippen LogP contribution in [-0.2, 0) is 0 Å². The molecule has 0 spiro atoms. The van der Waals surface area contributed by atoms with E-state index in [9.17, 15) is 0 Å². The van der Waals surface area contributed by atoms with Crippen LogP contribution in [0.4, 0.5) is 0 Å². The summed E-state index contributed by atoms with van der Waals surface area (Å²) < 4.78 is 38.6. The lowest BCUT2D eigenvalue weighted by Crippen LogP contribution is -1.72. The molecule has 1 aromatic heterocycles. The number of hydrogen-bond donors (Lipinski definition) is 0. The molecular weight excluding hydrogens is 288 g/mol. The summed E-state index contributed by atoms with van der Waals surface area (Å²) in [5.41, 5.74) is 1.17. The average molecular weight is 301 g/mol. The molecule has 0 aliphatic carbocycles. The van der Waals surface area contributed by atoms with Crippen LogP contribution in [0.25, 0.3) is 32.7 Å². The van der Waals surface area contributed by atoms with Gasteiger partial charge in [0.2, 0.25) is 0 Å². The topological polar surface area (TPSA) is 13.1 Å². The van der Waals surface area contributed by atoms with E-state index in [-0.39, 0.29) is 24.2 Å². The first kappa shape index (κ1) is 6.95. The maximum absolute atomic E-state index is 8.17. The van der Waals surface area contributed by atoms with Crippen molar-refractivity contribution < 1.29 is 9.90 Å². The van der Waals surface area contributed by atoms with Crippen LogP contribution in [0.1, 0.15) is 5.48 Å². The first-order valence-electron chi connectivity index (χ1n) is 7.50. The third kappa shape index (κ3) is 1.27. The van der Waals surface area contributed by atoms with Gasteiger partial charge in [-0.1, -0.05) is 42.4 Å². The van der Waals surface area contributed by atoms with Gasteiger partial charge in [-0.2, -0.15) is 0 Å². The Morgan fingerprint density at radius 3 is 2.67 bits per heavy atom. The van der Waals surface area contributed by atoms with Crippen molar-refractivity contribution >= 4 is 48.6 Å². The number of halogens is 1. The van der Waals surface area contributed by atoms with Gasteiger partial charge in [-0.05, 0) is 33.4 Å². The molecule has 1 nitrogen and oxygen atoms in total. The summed E-state index contributed by atoms with van der Waals surface area (Å²) in [5, 5.41) is 2.65. The van der Waals surface area contributed by atoms with Crippen molar-refractivity contribution in [2.75, 3.05) is 0 Å². The van der Waals surface area contributed by atoms with E-state index in [0.717, 1.165) is 15.2 Å². The van der Waals surface area contributed by atoms with Gasteiger partial charge < -0.3 is 4.42 Å². The fourth-order valence-electron chi connectivity index (χ4n) is 2.25. The molecule has 4 rings (SSSR count). The summed E-state index contributed by atoms with van der Waals surface area (Å²) in [4.78, 5) is 0. The van der Waals surface area contributed by atoms with Gasteiger partial charge in [0.1, 0.15) is 11.2 Å². The molecule has 0 fully saturated rings. The molecule has 18 heavy (non-hydrogen) atoms. The zero-order chi connectivity index (χ0) is 15.6. The molecule has 0 saturated heterocycles. The number of para-hydroxylation sites is 1. The highest BCUT2D eigenvalue weighted by Gasteiger charge is 2.11. The van der Waals surface area contributed by atoms with E-state index in [0.29, 0.717) is 21.9 Å². The van der Waals surface area contributed by atoms with Gasteiger partial charge in [-0.3, -0.25) is 0 Å². The van der Waals surface area contributed by atoms with E-state index in [1.54, 1.807) is 6.07 Å². The molecule has 86 valence electrons. The Hall–Kier alpha value is -1.80. The highest BCUT2D eigenvalue weighted by molar-refractivity contribution is 9.10. The molecule has 0 saturated carbocycles. The van der Waals surface area contributed by atoms with E-state index in [4.69, 9.17) is 9.90 Å². The third-order valence-corrected chi connectivity index (χ3v) is 3.69. The van der Waals surface area contributed by atoms with Crippen LogP contribution >= 0.6 is 15.9 Å². The molecule has 0 atom stereocenters. The van der Waals surface area contributed by atoms with E-state index in [2.05, 4.69) is 15.9 Å². The number of fused-ring (bicyclic) bond motifs is 5. The molecule has 0 unspecified atom stereocenters. The number of benzene rings is 3. The number of hydrogen-bond acceptors (Lipinski definition) is 1. The van der Waals surface area contributed by atoms with Crippen molar-refractivity contribution in [2.45, 2.75) is 0 Å². The normalized spacial score (nSPS) is 14.7. The third-order valence-electron chi connectivity index (χ3n) is 3.07. The minimum Gasteiger partial charge on any atom is -0.454 e. The standard InChI is InChI=1S/C16H9BrO/c17-14-7-3-6-12-13-9-8-10-4-1-2-5-11(10)15(13)18-16(12)14/h1-9H/i1D,2D,4D,5D. The fraction of sp³-hybridized carbons (Fsp3) is 0. The lowest BCUT2D eigenvalue weighted by Gasteiger charge is -1.97. The predicted molar refractivity (Wildman–Crippen MR) is 78.9 cm³/mol. The van der Waals surface area contributed by atoms with Crippen LogP contribution in [0, 0.1) is 0 Å². The molecule has 0 radical (unpaired) electrons. The lowest BCUT2D eigenvalue weighted by atomic mass is 10.1. The summed E-state index contributed by atoms with van der Waals surface area (Å²) in [6, 6.07) is 8.70. The Labute approximate surface area is 118 Å². The summed E-state index contributed by atoms with van der Waals surface area (Å²) in [7, 11) is 0. The van der Waals surface area contributed by atoms with Gasteiger partial charge in [0.15, 0.2) is 0 Å². The smallest absolute Gasteiger partial charge is 0.149 e. The lowest BCUT2D eigenvalue weighted by molar-refractivity contribution is 0.670. The Morgan fingerprint density at radius 2 is 1.72 bits per heavy atom. The molecule has 0 aliphatic heterocycles. The van der Waals surface area contributed by atoms with Gasteiger partial charge in [0.25, 0.3) is 0 Å². The number of rotatable bonds is 0. The average Bonchev–Trinajstić information content (AvgIpc) is 2.90. The minimum atomic E-state index is -0.246. The molecule has 1 heterocycles. The molecule has 2 heteroatoms. The van der Waals surface area contributed by atoms with Gasteiger partial charge >= 0.3 is 0 Å². The number of furan rings is 1. The Balaban J connectivity index is 2.34. The molecule has 0 bridgehead atoms. The van der Waals surface area contributed by atoms with E-state index < -0.39 is 0 Å². The Bertz CT molecular complexity index is 1080. The first-order chi connectivity index (χ1) is 10.5. The van der Waals surface area contributed by atoms with Crippen LogP contribution in [0.2, 0.25) is 0 Å². The Morgan fingerprint density at radius 1 is 0.889 bits per heavy atom. The summed E-state index contributed by atoms with van der Waals surface area (Å²) >= 11 is 3.45.